The summed E-state index contributed by atoms with van der Waals surface area (Å²) in [6.45, 7) is 18.6. The first kappa shape index (κ1) is 22.4. The molecule has 11 unspecified atom stereocenters. The van der Waals surface area contributed by atoms with Crippen LogP contribution < -0.4 is 0 Å². The normalized spacial score (nSPS) is 60.5. The number of hydrogen-bond donors (Lipinski definition) is 3. The van der Waals surface area contributed by atoms with E-state index in [-0.39, 0.29) is 57.2 Å². The van der Waals surface area contributed by atoms with Crippen LogP contribution in [0.4, 0.5) is 0 Å². The van der Waals surface area contributed by atoms with Gasteiger partial charge in [-0.1, -0.05) is 53.7 Å². The number of aliphatic hydroxyl groups excluding tert-OH is 3. The Kier molecular flexibility index (Phi) is 4.62. The molecule has 3 nitrogen and oxygen atoms in total. The highest BCUT2D eigenvalue weighted by Gasteiger charge is 2.73. The fraction of sp³-hybridized carbons (Fsp3) is 0.929. The van der Waals surface area contributed by atoms with E-state index in [1.165, 1.54) is 5.57 Å². The number of fused-ring (bicyclic) bond motifs is 7. The quantitative estimate of drug-likeness (QED) is 0.455. The molecule has 0 saturated heterocycles. The third-order valence-electron chi connectivity index (χ3n) is 12.7. The highest BCUT2D eigenvalue weighted by atomic mass is 16.3. The van der Waals surface area contributed by atoms with Crippen LogP contribution in [0, 0.1) is 50.7 Å². The molecule has 0 spiro atoms. The van der Waals surface area contributed by atoms with Crippen molar-refractivity contribution < 1.29 is 15.3 Å². The van der Waals surface area contributed by atoms with E-state index in [4.69, 9.17) is 0 Å². The summed E-state index contributed by atoms with van der Waals surface area (Å²) < 4.78 is 0. The second-order valence-corrected chi connectivity index (χ2v) is 14.1. The number of aliphatic hydroxyl groups is 3. The molecule has 5 aliphatic carbocycles. The Labute approximate surface area is 189 Å². The lowest BCUT2D eigenvalue weighted by Gasteiger charge is -2.74. The van der Waals surface area contributed by atoms with Crippen LogP contribution in [0.25, 0.3) is 0 Å². The van der Waals surface area contributed by atoms with Gasteiger partial charge in [-0.3, -0.25) is 0 Å². The van der Waals surface area contributed by atoms with Crippen LogP contribution in [-0.4, -0.2) is 33.6 Å². The van der Waals surface area contributed by atoms with E-state index in [9.17, 15) is 15.3 Å². The molecule has 0 aromatic rings. The maximum Gasteiger partial charge on any atom is 0.0616 e. The third-order valence-corrected chi connectivity index (χ3v) is 12.7. The Morgan fingerprint density at radius 2 is 1.45 bits per heavy atom. The molecule has 31 heavy (non-hydrogen) atoms. The third kappa shape index (κ3) is 2.47. The van der Waals surface area contributed by atoms with Gasteiger partial charge in [-0.25, -0.2) is 0 Å². The Bertz CT molecular complexity index is 789. The van der Waals surface area contributed by atoms with Gasteiger partial charge in [0, 0.05) is 5.92 Å². The molecule has 0 bridgehead atoms. The average molecular weight is 431 g/mol. The van der Waals surface area contributed by atoms with Crippen molar-refractivity contribution in [3.63, 3.8) is 0 Å². The van der Waals surface area contributed by atoms with Gasteiger partial charge in [0.15, 0.2) is 0 Å². The largest absolute Gasteiger partial charge is 0.393 e. The zero-order chi connectivity index (χ0) is 22.8. The van der Waals surface area contributed by atoms with Crippen molar-refractivity contribution in [2.75, 3.05) is 0 Å². The second-order valence-electron chi connectivity index (χ2n) is 14.1. The fourth-order valence-electron chi connectivity index (χ4n) is 11.3. The van der Waals surface area contributed by atoms with Gasteiger partial charge in [0.25, 0.3) is 0 Å². The molecule has 176 valence electrons. The highest BCUT2D eigenvalue weighted by molar-refractivity contribution is 5.27. The molecular weight excluding hydrogens is 384 g/mol. The topological polar surface area (TPSA) is 60.7 Å². The van der Waals surface area contributed by atoms with Crippen molar-refractivity contribution in [3.05, 3.63) is 12.2 Å². The number of hydrogen-bond acceptors (Lipinski definition) is 3. The summed E-state index contributed by atoms with van der Waals surface area (Å²) in [7, 11) is 0. The number of rotatable bonds is 0. The Morgan fingerprint density at radius 3 is 2.13 bits per heavy atom. The van der Waals surface area contributed by atoms with Gasteiger partial charge in [-0.05, 0) is 96.2 Å². The lowest BCUT2D eigenvalue weighted by Crippen LogP contribution is -2.71. The molecule has 0 heterocycles. The van der Waals surface area contributed by atoms with Crippen molar-refractivity contribution in [2.45, 2.75) is 111 Å². The van der Waals surface area contributed by atoms with Crippen molar-refractivity contribution in [1.82, 2.24) is 0 Å². The van der Waals surface area contributed by atoms with Crippen LogP contribution >= 0.6 is 0 Å². The van der Waals surface area contributed by atoms with E-state index in [1.807, 2.05) is 0 Å². The molecule has 5 rings (SSSR count). The molecule has 0 aromatic heterocycles. The average Bonchev–Trinajstić information content (AvgIpc) is 2.96. The first-order valence-electron chi connectivity index (χ1n) is 13.0. The molecule has 5 aliphatic rings. The van der Waals surface area contributed by atoms with Crippen LogP contribution in [0.3, 0.4) is 0 Å². The van der Waals surface area contributed by atoms with Gasteiger partial charge < -0.3 is 15.3 Å². The van der Waals surface area contributed by atoms with Crippen LogP contribution in [0.1, 0.15) is 92.9 Å². The van der Waals surface area contributed by atoms with Crippen molar-refractivity contribution in [2.24, 2.45) is 50.7 Å². The smallest absolute Gasteiger partial charge is 0.0616 e. The minimum absolute atomic E-state index is 0.0588. The predicted octanol–water partition coefficient (Wildman–Crippen LogP) is 5.33. The van der Waals surface area contributed by atoms with Gasteiger partial charge >= 0.3 is 0 Å². The Balaban J connectivity index is 1.61. The lowest BCUT2D eigenvalue weighted by molar-refractivity contribution is -0.285. The molecule has 0 aliphatic heterocycles. The van der Waals surface area contributed by atoms with Gasteiger partial charge in [-0.2, -0.15) is 0 Å². The molecular formula is C28H46O3. The molecule has 0 radical (unpaired) electrons. The molecule has 3 heteroatoms. The lowest BCUT2D eigenvalue weighted by atomic mass is 9.31. The Hall–Kier alpha value is -0.380. The maximum absolute atomic E-state index is 11.8. The van der Waals surface area contributed by atoms with E-state index < -0.39 is 0 Å². The molecule has 11 atom stereocenters. The van der Waals surface area contributed by atoms with Crippen molar-refractivity contribution in [3.8, 4) is 0 Å². The molecule has 3 N–H and O–H groups in total. The summed E-state index contributed by atoms with van der Waals surface area (Å²) in [6, 6.07) is 0. The van der Waals surface area contributed by atoms with Crippen LogP contribution in [-0.2, 0) is 0 Å². The zero-order valence-corrected chi connectivity index (χ0v) is 20.7. The van der Waals surface area contributed by atoms with E-state index >= 15 is 0 Å². The minimum Gasteiger partial charge on any atom is -0.393 e. The van der Waals surface area contributed by atoms with E-state index in [1.54, 1.807) is 0 Å². The van der Waals surface area contributed by atoms with Crippen LogP contribution in [0.15, 0.2) is 12.2 Å². The maximum atomic E-state index is 11.8. The first-order valence-corrected chi connectivity index (χ1v) is 13.0. The SMILES string of the molecule is C=C1CCC2(C)C1C(O)CC1(C)C2C(O)CC2C3(C)CCC(O)C(C)(C)C3CCC21C. The summed E-state index contributed by atoms with van der Waals surface area (Å²) in [5, 5.41) is 34.1. The van der Waals surface area contributed by atoms with E-state index in [0.717, 1.165) is 51.4 Å². The molecule has 5 saturated carbocycles. The molecule has 0 aromatic carbocycles. The standard InChI is InChI=1S/C28H46O3/c1-16-8-11-26(5)22(16)18(30)15-28(7)23(26)17(29)14-20-25(4)12-10-21(31)24(2,3)19(25)9-13-27(20,28)6/h17-23,29-31H,1,8-15H2,2-7H3. The second kappa shape index (κ2) is 6.39. The van der Waals surface area contributed by atoms with E-state index in [0.29, 0.717) is 11.8 Å². The van der Waals surface area contributed by atoms with Gasteiger partial charge in [0.05, 0.1) is 18.3 Å². The fourth-order valence-corrected chi connectivity index (χ4v) is 11.3. The Morgan fingerprint density at radius 1 is 0.774 bits per heavy atom. The monoisotopic (exact) mass is 430 g/mol. The first-order chi connectivity index (χ1) is 14.2. The molecule has 5 fully saturated rings. The molecule has 0 amide bonds. The van der Waals surface area contributed by atoms with E-state index in [2.05, 4.69) is 48.1 Å². The summed E-state index contributed by atoms with van der Waals surface area (Å²) in [5.74, 6) is 1.27. The van der Waals surface area contributed by atoms with Gasteiger partial charge in [-0.15, -0.1) is 0 Å². The van der Waals surface area contributed by atoms with Gasteiger partial charge in [0.1, 0.15) is 0 Å². The zero-order valence-electron chi connectivity index (χ0n) is 20.7. The van der Waals surface area contributed by atoms with Crippen molar-refractivity contribution in [1.29, 1.82) is 0 Å². The van der Waals surface area contributed by atoms with Crippen LogP contribution in [0.5, 0.6) is 0 Å². The minimum atomic E-state index is -0.348. The summed E-state index contributed by atoms with van der Waals surface area (Å²) >= 11 is 0. The predicted molar refractivity (Wildman–Crippen MR) is 124 cm³/mol. The summed E-state index contributed by atoms with van der Waals surface area (Å²) in [4.78, 5) is 0. The summed E-state index contributed by atoms with van der Waals surface area (Å²) in [6.07, 6.45) is 7.01. The van der Waals surface area contributed by atoms with Crippen LogP contribution in [0.2, 0.25) is 0 Å². The van der Waals surface area contributed by atoms with Gasteiger partial charge in [0.2, 0.25) is 0 Å². The van der Waals surface area contributed by atoms with Crippen molar-refractivity contribution >= 4 is 0 Å². The highest BCUT2D eigenvalue weighted by Crippen LogP contribution is 2.77. The summed E-state index contributed by atoms with van der Waals surface area (Å²) in [5.41, 5.74) is 1.21.